The second-order valence-electron chi connectivity index (χ2n) is 8.86. The predicted octanol–water partition coefficient (Wildman–Crippen LogP) is 4.46. The van der Waals surface area contributed by atoms with Gasteiger partial charge in [0.2, 0.25) is 5.91 Å². The Morgan fingerprint density at radius 1 is 1.00 bits per heavy atom. The van der Waals surface area contributed by atoms with Crippen LogP contribution in [-0.2, 0) is 4.79 Å². The van der Waals surface area contributed by atoms with Gasteiger partial charge in [0.1, 0.15) is 0 Å². The highest BCUT2D eigenvalue weighted by atomic mass is 35.5. The quantitative estimate of drug-likeness (QED) is 0.642. The highest BCUT2D eigenvalue weighted by Gasteiger charge is 2.33. The maximum absolute atomic E-state index is 13.3. The monoisotopic (exact) mass is 436 g/mol. The highest BCUT2D eigenvalue weighted by Crippen LogP contribution is 2.40. The number of halogens is 1. The van der Waals surface area contributed by atoms with Crippen LogP contribution in [-0.4, -0.2) is 41.6 Å². The smallest absolute Gasteiger partial charge is 0.254 e. The summed E-state index contributed by atoms with van der Waals surface area (Å²) < 4.78 is 0. The molecule has 0 spiro atoms. The molecule has 1 saturated heterocycles. The third kappa shape index (κ3) is 3.99. The van der Waals surface area contributed by atoms with Gasteiger partial charge in [0.05, 0.1) is 5.56 Å². The van der Waals surface area contributed by atoms with Crippen LogP contribution in [0.25, 0.3) is 11.1 Å². The normalized spacial score (nSPS) is 18.0. The van der Waals surface area contributed by atoms with E-state index in [4.69, 9.17) is 11.6 Å². The van der Waals surface area contributed by atoms with E-state index >= 15 is 0 Å². The number of hydrogen-bond acceptors (Lipinski definition) is 3. The van der Waals surface area contributed by atoms with Crippen LogP contribution in [0.1, 0.15) is 64.8 Å². The van der Waals surface area contributed by atoms with Crippen molar-refractivity contribution >= 4 is 29.2 Å². The predicted molar refractivity (Wildman–Crippen MR) is 119 cm³/mol. The number of piperidine rings is 1. The number of hydrogen-bond donors (Lipinski definition) is 1. The summed E-state index contributed by atoms with van der Waals surface area (Å²) in [6, 6.07) is 11.2. The molecular weight excluding hydrogens is 412 g/mol. The van der Waals surface area contributed by atoms with Crippen LogP contribution in [0.2, 0.25) is 5.02 Å². The maximum Gasteiger partial charge on any atom is 0.254 e. The van der Waals surface area contributed by atoms with Crippen molar-refractivity contribution in [2.75, 3.05) is 13.1 Å². The largest absolute Gasteiger partial charge is 0.353 e. The molecule has 0 aromatic heterocycles. The fourth-order valence-electron chi connectivity index (χ4n) is 4.73. The molecule has 6 heteroatoms. The molecule has 1 saturated carbocycles. The van der Waals surface area contributed by atoms with Crippen molar-refractivity contribution in [3.63, 3.8) is 0 Å². The summed E-state index contributed by atoms with van der Waals surface area (Å²) in [5, 5.41) is 3.55. The topological polar surface area (TPSA) is 66.5 Å². The fraction of sp³-hybridized carbons (Fsp3) is 0.400. The number of amides is 2. The molecule has 2 fully saturated rings. The van der Waals surface area contributed by atoms with Crippen LogP contribution in [0.4, 0.5) is 0 Å². The number of fused-ring (bicyclic) bond motifs is 3. The zero-order chi connectivity index (χ0) is 21.5. The summed E-state index contributed by atoms with van der Waals surface area (Å²) in [7, 11) is 0. The summed E-state index contributed by atoms with van der Waals surface area (Å²) in [4.78, 5) is 40.1. The van der Waals surface area contributed by atoms with Crippen molar-refractivity contribution in [3.05, 3.63) is 58.1 Å². The molecule has 5 rings (SSSR count). The maximum atomic E-state index is 13.3. The van der Waals surface area contributed by atoms with Gasteiger partial charge < -0.3 is 10.2 Å². The Balaban J connectivity index is 1.25. The Labute approximate surface area is 186 Å². The van der Waals surface area contributed by atoms with E-state index < -0.39 is 0 Å². The number of rotatable bonds is 5. The molecule has 160 valence electrons. The number of likely N-dealkylation sites (tertiary alicyclic amines) is 1. The van der Waals surface area contributed by atoms with Gasteiger partial charge in [-0.2, -0.15) is 0 Å². The lowest BCUT2D eigenvalue weighted by molar-refractivity contribution is -0.121. The molecule has 31 heavy (non-hydrogen) atoms. The Kier molecular flexibility index (Phi) is 5.30. The Morgan fingerprint density at radius 3 is 2.52 bits per heavy atom. The molecule has 3 aliphatic rings. The molecule has 0 unspecified atom stereocenters. The van der Waals surface area contributed by atoms with Crippen molar-refractivity contribution in [1.29, 1.82) is 0 Å². The van der Waals surface area contributed by atoms with E-state index in [1.165, 1.54) is 0 Å². The van der Waals surface area contributed by atoms with Crippen molar-refractivity contribution in [2.45, 2.75) is 44.6 Å². The van der Waals surface area contributed by atoms with Crippen LogP contribution >= 0.6 is 11.6 Å². The van der Waals surface area contributed by atoms with Crippen molar-refractivity contribution in [3.8, 4) is 11.1 Å². The molecule has 2 aromatic carbocycles. The number of ketones is 1. The number of nitrogens with one attached hydrogen (secondary N) is 1. The van der Waals surface area contributed by atoms with Crippen LogP contribution < -0.4 is 5.32 Å². The van der Waals surface area contributed by atoms with Gasteiger partial charge in [-0.15, -0.1) is 0 Å². The van der Waals surface area contributed by atoms with Gasteiger partial charge >= 0.3 is 0 Å². The molecule has 0 atom stereocenters. The lowest BCUT2D eigenvalue weighted by Crippen LogP contribution is -2.39. The number of nitrogens with zero attached hydrogens (tertiary/aromatic N) is 1. The van der Waals surface area contributed by atoms with E-state index in [-0.39, 0.29) is 17.6 Å². The molecular formula is C25H25ClN2O3. The molecule has 1 aliphatic heterocycles. The second kappa shape index (κ2) is 8.12. The molecule has 2 amide bonds. The van der Waals surface area contributed by atoms with Crippen LogP contribution in [0.3, 0.4) is 0 Å². The lowest BCUT2D eigenvalue weighted by atomic mass is 9.91. The first-order valence-electron chi connectivity index (χ1n) is 11.1. The van der Waals surface area contributed by atoms with E-state index in [2.05, 4.69) is 5.32 Å². The van der Waals surface area contributed by atoms with Crippen LogP contribution in [0.15, 0.2) is 36.4 Å². The third-order valence-electron chi connectivity index (χ3n) is 6.66. The zero-order valence-corrected chi connectivity index (χ0v) is 18.1. The van der Waals surface area contributed by atoms with Crippen LogP contribution in [0, 0.1) is 5.92 Å². The van der Waals surface area contributed by atoms with Crippen LogP contribution in [0.5, 0.6) is 0 Å². The van der Waals surface area contributed by atoms with Gasteiger partial charge in [-0.3, -0.25) is 14.4 Å². The summed E-state index contributed by atoms with van der Waals surface area (Å²) in [6.45, 7) is 1.31. The first-order valence-corrected chi connectivity index (χ1v) is 11.5. The third-order valence-corrected chi connectivity index (χ3v) is 6.90. The average molecular weight is 437 g/mol. The second-order valence-corrected chi connectivity index (χ2v) is 9.30. The Bertz CT molecular complexity index is 1070. The van der Waals surface area contributed by atoms with E-state index in [0.29, 0.717) is 53.2 Å². The Morgan fingerprint density at radius 2 is 1.77 bits per heavy atom. The summed E-state index contributed by atoms with van der Waals surface area (Å²) in [5.41, 5.74) is 3.16. The van der Waals surface area contributed by atoms with Crippen molar-refractivity contribution in [2.24, 2.45) is 5.92 Å². The number of carbonyl (C=O) groups is 3. The molecule has 1 heterocycles. The standard InChI is InChI=1S/C25H25ClN2O3/c26-16-5-8-18-19-2-1-3-20(23(19)24(30)21(18)14-16)25(31)28-12-10-15(11-13-28)4-9-22(29)27-17-6-7-17/h1-3,5,8,14-15,17H,4,6-7,9-13H2,(H,27,29). The van der Waals surface area contributed by atoms with Gasteiger partial charge in [0.25, 0.3) is 5.91 Å². The SMILES string of the molecule is O=C(CCC1CCN(C(=O)c2cccc3c2C(=O)c2cc(Cl)ccc2-3)CC1)NC1CC1. The molecule has 2 aliphatic carbocycles. The van der Waals surface area contributed by atoms with E-state index in [9.17, 15) is 14.4 Å². The molecule has 5 nitrogen and oxygen atoms in total. The number of benzene rings is 2. The van der Waals surface area contributed by atoms with Crippen molar-refractivity contribution in [1.82, 2.24) is 10.2 Å². The van der Waals surface area contributed by atoms with E-state index in [0.717, 1.165) is 43.2 Å². The minimum Gasteiger partial charge on any atom is -0.353 e. The first kappa shape index (κ1) is 20.3. The minimum absolute atomic E-state index is 0.0889. The fourth-order valence-corrected chi connectivity index (χ4v) is 4.90. The summed E-state index contributed by atoms with van der Waals surface area (Å²) in [5.74, 6) is 0.393. The van der Waals surface area contributed by atoms with Gasteiger partial charge in [-0.1, -0.05) is 29.8 Å². The highest BCUT2D eigenvalue weighted by molar-refractivity contribution is 6.32. The van der Waals surface area contributed by atoms with E-state index in [1.54, 1.807) is 18.2 Å². The molecule has 0 radical (unpaired) electrons. The zero-order valence-electron chi connectivity index (χ0n) is 17.3. The van der Waals surface area contributed by atoms with Gasteiger partial charge in [-0.25, -0.2) is 0 Å². The first-order chi connectivity index (χ1) is 15.0. The minimum atomic E-state index is -0.131. The van der Waals surface area contributed by atoms with Gasteiger partial charge in [-0.05, 0) is 67.3 Å². The van der Waals surface area contributed by atoms with Gasteiger partial charge in [0, 0.05) is 41.7 Å². The molecule has 1 N–H and O–H groups in total. The summed E-state index contributed by atoms with van der Waals surface area (Å²) in [6.07, 6.45) is 5.43. The molecule has 2 aromatic rings. The molecule has 0 bridgehead atoms. The number of carbonyl (C=O) groups excluding carboxylic acids is 3. The summed E-state index contributed by atoms with van der Waals surface area (Å²) >= 11 is 6.09. The van der Waals surface area contributed by atoms with Gasteiger partial charge in [0.15, 0.2) is 5.78 Å². The van der Waals surface area contributed by atoms with Crippen molar-refractivity contribution < 1.29 is 14.4 Å². The lowest BCUT2D eigenvalue weighted by Gasteiger charge is -2.32. The average Bonchev–Trinajstić information content (AvgIpc) is 3.55. The van der Waals surface area contributed by atoms with E-state index in [1.807, 2.05) is 23.1 Å². The Hall–Kier alpha value is -2.66.